The average Bonchev–Trinajstić information content (AvgIpc) is 2.44. The summed E-state index contributed by atoms with van der Waals surface area (Å²) in [6, 6.07) is 8.78. The maximum absolute atomic E-state index is 11.8. The van der Waals surface area contributed by atoms with Gasteiger partial charge in [0.2, 0.25) is 5.91 Å². The molecule has 1 rings (SSSR count). The fourth-order valence-electron chi connectivity index (χ4n) is 1.88. The van der Waals surface area contributed by atoms with E-state index in [1.54, 1.807) is 13.0 Å². The topological polar surface area (TPSA) is 66.4 Å². The third kappa shape index (κ3) is 5.26. The van der Waals surface area contributed by atoms with Crippen LogP contribution in [0.2, 0.25) is 0 Å². The number of carbonyl (C=O) groups excluding carboxylic acids is 1. The fraction of sp³-hybridized carbons (Fsp3) is 0.375. The van der Waals surface area contributed by atoms with Crippen LogP contribution in [0.3, 0.4) is 0 Å². The first-order chi connectivity index (χ1) is 9.54. The van der Waals surface area contributed by atoms with Crippen LogP contribution in [0.4, 0.5) is 0 Å². The van der Waals surface area contributed by atoms with E-state index in [1.807, 2.05) is 37.3 Å². The lowest BCUT2D eigenvalue weighted by Gasteiger charge is -2.14. The molecule has 0 heterocycles. The Bertz CT molecular complexity index is 480. The van der Waals surface area contributed by atoms with Gasteiger partial charge in [-0.15, -0.1) is 0 Å². The number of aliphatic carboxylic acids is 1. The monoisotopic (exact) mass is 275 g/mol. The van der Waals surface area contributed by atoms with Crippen LogP contribution >= 0.6 is 0 Å². The van der Waals surface area contributed by atoms with Crippen molar-refractivity contribution in [2.24, 2.45) is 0 Å². The molecule has 0 aliphatic rings. The number of nitrogens with one attached hydrogen (secondary N) is 1. The maximum Gasteiger partial charge on any atom is 0.326 e. The summed E-state index contributed by atoms with van der Waals surface area (Å²) >= 11 is 0. The van der Waals surface area contributed by atoms with Crippen LogP contribution in [0, 0.1) is 0 Å². The smallest absolute Gasteiger partial charge is 0.326 e. The highest BCUT2D eigenvalue weighted by Crippen LogP contribution is 2.06. The molecule has 108 valence electrons. The summed E-state index contributed by atoms with van der Waals surface area (Å²) in [4.78, 5) is 23.0. The molecule has 0 fully saturated rings. The average molecular weight is 275 g/mol. The Morgan fingerprint density at radius 3 is 2.50 bits per heavy atom. The van der Waals surface area contributed by atoms with Crippen LogP contribution in [-0.2, 0) is 16.0 Å². The van der Waals surface area contributed by atoms with Crippen molar-refractivity contribution in [2.45, 2.75) is 39.2 Å². The number of carboxylic acids is 1. The molecule has 1 amide bonds. The SMILES string of the molecule is CC/C=C(/C)C(=O)N[C@@H](CCc1ccccc1)C(=O)O. The number of aryl methyl sites for hydroxylation is 1. The highest BCUT2D eigenvalue weighted by molar-refractivity contribution is 5.95. The third-order valence-corrected chi connectivity index (χ3v) is 3.04. The molecule has 20 heavy (non-hydrogen) atoms. The Morgan fingerprint density at radius 1 is 1.30 bits per heavy atom. The van der Waals surface area contributed by atoms with E-state index in [1.165, 1.54) is 0 Å². The van der Waals surface area contributed by atoms with Crippen LogP contribution < -0.4 is 5.32 Å². The zero-order chi connectivity index (χ0) is 15.0. The molecule has 0 bridgehead atoms. The molecule has 0 radical (unpaired) electrons. The number of benzene rings is 1. The molecule has 0 aromatic heterocycles. The summed E-state index contributed by atoms with van der Waals surface area (Å²) in [7, 11) is 0. The maximum atomic E-state index is 11.8. The Hall–Kier alpha value is -2.10. The predicted molar refractivity (Wildman–Crippen MR) is 78.4 cm³/mol. The Labute approximate surface area is 119 Å². The van der Waals surface area contributed by atoms with Crippen molar-refractivity contribution < 1.29 is 14.7 Å². The molecule has 2 N–H and O–H groups in total. The van der Waals surface area contributed by atoms with Crippen molar-refractivity contribution in [1.82, 2.24) is 5.32 Å². The standard InChI is InChI=1S/C16H21NO3/c1-3-7-12(2)15(18)17-14(16(19)20)11-10-13-8-5-4-6-9-13/h4-9,14H,3,10-11H2,1-2H3,(H,17,18)(H,19,20)/b12-7-/t14-/m0/s1. The Balaban J connectivity index is 2.59. The van der Waals surface area contributed by atoms with Crippen molar-refractivity contribution in [3.05, 3.63) is 47.5 Å². The Morgan fingerprint density at radius 2 is 1.95 bits per heavy atom. The van der Waals surface area contributed by atoms with Gasteiger partial charge in [-0.1, -0.05) is 43.3 Å². The molecular weight excluding hydrogens is 254 g/mol. The molecule has 0 aliphatic heterocycles. The van der Waals surface area contributed by atoms with Crippen LogP contribution in [0.1, 0.15) is 32.3 Å². The summed E-state index contributed by atoms with van der Waals surface area (Å²) < 4.78 is 0. The molecular formula is C16H21NO3. The number of allylic oxidation sites excluding steroid dienone is 1. The number of hydrogen-bond acceptors (Lipinski definition) is 2. The lowest BCUT2D eigenvalue weighted by Crippen LogP contribution is -2.41. The zero-order valence-electron chi connectivity index (χ0n) is 11.9. The largest absolute Gasteiger partial charge is 0.480 e. The number of carboxylic acid groups (broad SMARTS) is 1. The quantitative estimate of drug-likeness (QED) is 0.751. The molecule has 1 aromatic carbocycles. The molecule has 1 aromatic rings. The van der Waals surface area contributed by atoms with Crippen molar-refractivity contribution in [3.8, 4) is 0 Å². The van der Waals surface area contributed by atoms with Gasteiger partial charge in [0.15, 0.2) is 0 Å². The van der Waals surface area contributed by atoms with Crippen LogP contribution in [0.5, 0.6) is 0 Å². The van der Waals surface area contributed by atoms with Gasteiger partial charge in [0.05, 0.1) is 0 Å². The van der Waals surface area contributed by atoms with E-state index in [2.05, 4.69) is 5.32 Å². The Kier molecular flexibility index (Phi) is 6.50. The summed E-state index contributed by atoms with van der Waals surface area (Å²) in [6.07, 6.45) is 3.53. The molecule has 4 nitrogen and oxygen atoms in total. The van der Waals surface area contributed by atoms with Gasteiger partial charge < -0.3 is 10.4 Å². The van der Waals surface area contributed by atoms with Gasteiger partial charge in [0.25, 0.3) is 0 Å². The minimum atomic E-state index is -1.00. The molecule has 0 spiro atoms. The summed E-state index contributed by atoms with van der Waals surface area (Å²) in [5.41, 5.74) is 1.62. The number of carbonyl (C=O) groups is 2. The normalized spacial score (nSPS) is 12.8. The molecule has 0 saturated heterocycles. The number of hydrogen-bond donors (Lipinski definition) is 2. The minimum absolute atomic E-state index is 0.313. The highest BCUT2D eigenvalue weighted by Gasteiger charge is 2.20. The van der Waals surface area contributed by atoms with Crippen LogP contribution in [-0.4, -0.2) is 23.0 Å². The highest BCUT2D eigenvalue weighted by atomic mass is 16.4. The molecule has 0 saturated carbocycles. The number of rotatable bonds is 7. The van der Waals surface area contributed by atoms with E-state index in [4.69, 9.17) is 0 Å². The van der Waals surface area contributed by atoms with E-state index in [0.29, 0.717) is 18.4 Å². The number of amides is 1. The second kappa shape index (κ2) is 8.15. The lowest BCUT2D eigenvalue weighted by atomic mass is 10.0. The molecule has 4 heteroatoms. The first kappa shape index (κ1) is 16.0. The first-order valence-corrected chi connectivity index (χ1v) is 6.79. The van der Waals surface area contributed by atoms with E-state index in [-0.39, 0.29) is 5.91 Å². The predicted octanol–water partition coefficient (Wildman–Crippen LogP) is 2.54. The van der Waals surface area contributed by atoms with Crippen molar-refractivity contribution in [2.75, 3.05) is 0 Å². The van der Waals surface area contributed by atoms with E-state index in [9.17, 15) is 14.7 Å². The molecule has 0 unspecified atom stereocenters. The molecule has 1 atom stereocenters. The van der Waals surface area contributed by atoms with E-state index < -0.39 is 12.0 Å². The summed E-state index contributed by atoms with van der Waals surface area (Å²) in [6.45, 7) is 3.62. The third-order valence-electron chi connectivity index (χ3n) is 3.04. The lowest BCUT2D eigenvalue weighted by molar-refractivity contribution is -0.141. The molecule has 0 aliphatic carbocycles. The van der Waals surface area contributed by atoms with Gasteiger partial charge in [0, 0.05) is 5.57 Å². The van der Waals surface area contributed by atoms with Crippen LogP contribution in [0.15, 0.2) is 42.0 Å². The van der Waals surface area contributed by atoms with Crippen molar-refractivity contribution in [1.29, 1.82) is 0 Å². The van der Waals surface area contributed by atoms with Gasteiger partial charge in [-0.25, -0.2) is 4.79 Å². The van der Waals surface area contributed by atoms with Gasteiger partial charge in [0.1, 0.15) is 6.04 Å². The van der Waals surface area contributed by atoms with Gasteiger partial charge in [-0.2, -0.15) is 0 Å². The van der Waals surface area contributed by atoms with Gasteiger partial charge in [-0.05, 0) is 31.7 Å². The van der Waals surface area contributed by atoms with Crippen molar-refractivity contribution in [3.63, 3.8) is 0 Å². The van der Waals surface area contributed by atoms with E-state index >= 15 is 0 Å². The zero-order valence-corrected chi connectivity index (χ0v) is 11.9. The van der Waals surface area contributed by atoms with Gasteiger partial charge >= 0.3 is 5.97 Å². The minimum Gasteiger partial charge on any atom is -0.480 e. The van der Waals surface area contributed by atoms with E-state index in [0.717, 1.165) is 12.0 Å². The summed E-state index contributed by atoms with van der Waals surface area (Å²) in [5, 5.41) is 11.7. The van der Waals surface area contributed by atoms with Crippen molar-refractivity contribution >= 4 is 11.9 Å². The fourth-order valence-corrected chi connectivity index (χ4v) is 1.88. The van der Waals surface area contributed by atoms with Gasteiger partial charge in [-0.3, -0.25) is 4.79 Å². The van der Waals surface area contributed by atoms with Crippen LogP contribution in [0.25, 0.3) is 0 Å². The second-order valence-corrected chi connectivity index (χ2v) is 4.68. The first-order valence-electron chi connectivity index (χ1n) is 6.79. The summed E-state index contributed by atoms with van der Waals surface area (Å²) in [5.74, 6) is -1.31. The second-order valence-electron chi connectivity index (χ2n) is 4.68.